The molecule has 3 rings (SSSR count). The molecule has 0 spiro atoms. The molecule has 1 heterocycles. The van der Waals surface area contributed by atoms with Crippen LogP contribution < -0.4 is 26.0 Å². The quantitative estimate of drug-likeness (QED) is 0.691. The van der Waals surface area contributed by atoms with E-state index >= 15 is 0 Å². The standard InChI is InChI=1S/C21H21N3O5/c1-12-5-6-13(2)16(9-12)23-19(25)15-11-22-21(27)24(20(15)26)14-7-8-17(28-3)18(10-14)29-4/h5-11H,1-4H3,(H,22,27)(H,23,25). The SMILES string of the molecule is COc1ccc(-n2c(=O)[nH]cc(C(=O)Nc3cc(C)ccc3C)c2=O)cc1OC. The van der Waals surface area contributed by atoms with Gasteiger partial charge in [0.2, 0.25) is 0 Å². The van der Waals surface area contributed by atoms with Crippen LogP contribution in [0.5, 0.6) is 11.5 Å². The fraction of sp³-hybridized carbons (Fsp3) is 0.190. The fourth-order valence-corrected chi connectivity index (χ4v) is 2.89. The highest BCUT2D eigenvalue weighted by atomic mass is 16.5. The van der Waals surface area contributed by atoms with Crippen LogP contribution in [0.2, 0.25) is 0 Å². The molecular formula is C21H21N3O5. The van der Waals surface area contributed by atoms with E-state index in [-0.39, 0.29) is 11.3 Å². The van der Waals surface area contributed by atoms with Gasteiger partial charge in [0, 0.05) is 18.0 Å². The van der Waals surface area contributed by atoms with Crippen LogP contribution in [0.1, 0.15) is 21.5 Å². The van der Waals surface area contributed by atoms with Gasteiger partial charge in [-0.05, 0) is 43.2 Å². The van der Waals surface area contributed by atoms with E-state index in [2.05, 4.69) is 10.3 Å². The van der Waals surface area contributed by atoms with Crippen LogP contribution in [0.25, 0.3) is 5.69 Å². The molecule has 2 aromatic carbocycles. The zero-order valence-corrected chi connectivity index (χ0v) is 16.5. The molecule has 150 valence electrons. The van der Waals surface area contributed by atoms with Crippen molar-refractivity contribution < 1.29 is 14.3 Å². The maximum Gasteiger partial charge on any atom is 0.333 e. The number of carbonyl (C=O) groups is 1. The second-order valence-corrected chi connectivity index (χ2v) is 6.46. The third-order valence-corrected chi connectivity index (χ3v) is 4.49. The first-order chi connectivity index (χ1) is 13.8. The summed E-state index contributed by atoms with van der Waals surface area (Å²) in [5, 5.41) is 2.73. The number of carbonyl (C=O) groups excluding carboxylic acids is 1. The number of aromatic amines is 1. The monoisotopic (exact) mass is 395 g/mol. The van der Waals surface area contributed by atoms with Crippen LogP contribution in [0.3, 0.4) is 0 Å². The summed E-state index contributed by atoms with van der Waals surface area (Å²) in [5.41, 5.74) is 1.05. The van der Waals surface area contributed by atoms with Gasteiger partial charge < -0.3 is 19.8 Å². The van der Waals surface area contributed by atoms with E-state index in [1.807, 2.05) is 32.0 Å². The van der Waals surface area contributed by atoms with Gasteiger partial charge in [0.25, 0.3) is 11.5 Å². The summed E-state index contributed by atoms with van der Waals surface area (Å²) in [5.74, 6) is 0.181. The number of methoxy groups -OCH3 is 2. The van der Waals surface area contributed by atoms with Gasteiger partial charge in [-0.25, -0.2) is 9.36 Å². The first-order valence-corrected chi connectivity index (χ1v) is 8.81. The Morgan fingerprint density at radius 2 is 1.72 bits per heavy atom. The molecule has 0 aliphatic heterocycles. The summed E-state index contributed by atoms with van der Waals surface area (Å²) in [6.07, 6.45) is 1.11. The first kappa shape index (κ1) is 19.9. The molecule has 3 aromatic rings. The Kier molecular flexibility index (Phi) is 5.54. The normalized spacial score (nSPS) is 10.5. The Labute approximate surface area is 166 Å². The summed E-state index contributed by atoms with van der Waals surface area (Å²) in [4.78, 5) is 40.4. The molecule has 0 aliphatic rings. The number of anilines is 1. The maximum atomic E-state index is 12.9. The van der Waals surface area contributed by atoms with E-state index in [1.165, 1.54) is 26.4 Å². The largest absolute Gasteiger partial charge is 0.493 e. The van der Waals surface area contributed by atoms with E-state index in [0.717, 1.165) is 21.9 Å². The molecule has 1 amide bonds. The van der Waals surface area contributed by atoms with Crippen molar-refractivity contribution in [2.24, 2.45) is 0 Å². The van der Waals surface area contributed by atoms with E-state index in [0.29, 0.717) is 17.2 Å². The lowest BCUT2D eigenvalue weighted by Crippen LogP contribution is -2.38. The van der Waals surface area contributed by atoms with Gasteiger partial charge in [-0.2, -0.15) is 0 Å². The third kappa shape index (κ3) is 3.91. The van der Waals surface area contributed by atoms with Crippen LogP contribution in [0.4, 0.5) is 5.69 Å². The summed E-state index contributed by atoms with van der Waals surface area (Å²) in [7, 11) is 2.93. The molecular weight excluding hydrogens is 374 g/mol. The van der Waals surface area contributed by atoms with Crippen molar-refractivity contribution in [1.29, 1.82) is 0 Å². The van der Waals surface area contributed by atoms with E-state index < -0.39 is 17.2 Å². The summed E-state index contributed by atoms with van der Waals surface area (Å²) >= 11 is 0. The van der Waals surface area contributed by atoms with Gasteiger partial charge in [-0.1, -0.05) is 12.1 Å². The average molecular weight is 395 g/mol. The Morgan fingerprint density at radius 1 is 1.00 bits per heavy atom. The van der Waals surface area contributed by atoms with Crippen LogP contribution in [0, 0.1) is 13.8 Å². The molecule has 8 heteroatoms. The first-order valence-electron chi connectivity index (χ1n) is 8.81. The smallest absolute Gasteiger partial charge is 0.333 e. The van der Waals surface area contributed by atoms with Crippen molar-refractivity contribution in [2.75, 3.05) is 19.5 Å². The van der Waals surface area contributed by atoms with Crippen molar-refractivity contribution in [1.82, 2.24) is 9.55 Å². The number of nitrogens with one attached hydrogen (secondary N) is 2. The van der Waals surface area contributed by atoms with Crippen molar-refractivity contribution in [3.63, 3.8) is 0 Å². The minimum Gasteiger partial charge on any atom is -0.493 e. The van der Waals surface area contributed by atoms with Crippen molar-refractivity contribution >= 4 is 11.6 Å². The molecule has 0 aliphatic carbocycles. The van der Waals surface area contributed by atoms with Crippen molar-refractivity contribution in [3.8, 4) is 17.2 Å². The van der Waals surface area contributed by atoms with Crippen LogP contribution >= 0.6 is 0 Å². The van der Waals surface area contributed by atoms with Gasteiger partial charge in [0.1, 0.15) is 5.56 Å². The highest BCUT2D eigenvalue weighted by Gasteiger charge is 2.18. The molecule has 0 fully saturated rings. The van der Waals surface area contributed by atoms with Gasteiger partial charge in [-0.15, -0.1) is 0 Å². The van der Waals surface area contributed by atoms with Gasteiger partial charge in [-0.3, -0.25) is 9.59 Å². The summed E-state index contributed by atoms with van der Waals surface area (Å²) < 4.78 is 11.3. The molecule has 0 saturated heterocycles. The lowest BCUT2D eigenvalue weighted by atomic mass is 10.1. The topological polar surface area (TPSA) is 102 Å². The van der Waals surface area contributed by atoms with Crippen LogP contribution in [-0.2, 0) is 0 Å². The second-order valence-electron chi connectivity index (χ2n) is 6.46. The number of benzene rings is 2. The number of H-pyrrole nitrogens is 1. The lowest BCUT2D eigenvalue weighted by Gasteiger charge is -2.12. The summed E-state index contributed by atoms with van der Waals surface area (Å²) in [6.45, 7) is 3.75. The van der Waals surface area contributed by atoms with E-state index in [4.69, 9.17) is 9.47 Å². The molecule has 0 radical (unpaired) electrons. The Bertz CT molecular complexity index is 1190. The molecule has 2 N–H and O–H groups in total. The highest BCUT2D eigenvalue weighted by Crippen LogP contribution is 2.28. The average Bonchev–Trinajstić information content (AvgIpc) is 2.70. The van der Waals surface area contributed by atoms with E-state index in [9.17, 15) is 14.4 Å². The molecule has 8 nitrogen and oxygen atoms in total. The fourth-order valence-electron chi connectivity index (χ4n) is 2.89. The lowest BCUT2D eigenvalue weighted by molar-refractivity contribution is 0.102. The van der Waals surface area contributed by atoms with Crippen molar-refractivity contribution in [3.05, 3.63) is 80.1 Å². The molecule has 1 aromatic heterocycles. The molecule has 0 atom stereocenters. The number of amides is 1. The zero-order chi connectivity index (χ0) is 21.1. The Morgan fingerprint density at radius 3 is 2.41 bits per heavy atom. The summed E-state index contributed by atoms with van der Waals surface area (Å²) in [6, 6.07) is 10.2. The predicted octanol–water partition coefficient (Wildman–Crippen LogP) is 2.41. The number of hydrogen-bond acceptors (Lipinski definition) is 5. The second kappa shape index (κ2) is 8.05. The predicted molar refractivity (Wildman–Crippen MR) is 110 cm³/mol. The highest BCUT2D eigenvalue weighted by molar-refractivity contribution is 6.04. The number of hydrogen-bond donors (Lipinski definition) is 2. The number of aryl methyl sites for hydroxylation is 2. The van der Waals surface area contributed by atoms with Crippen LogP contribution in [-0.4, -0.2) is 29.7 Å². The minimum atomic E-state index is -0.747. The number of nitrogens with zero attached hydrogens (tertiary/aromatic N) is 1. The molecule has 0 unspecified atom stereocenters. The van der Waals surface area contributed by atoms with Crippen molar-refractivity contribution in [2.45, 2.75) is 13.8 Å². The Hall–Kier alpha value is -3.81. The van der Waals surface area contributed by atoms with Crippen LogP contribution in [0.15, 0.2) is 52.2 Å². The van der Waals surface area contributed by atoms with Gasteiger partial charge in [0.05, 0.1) is 19.9 Å². The van der Waals surface area contributed by atoms with Gasteiger partial charge in [0.15, 0.2) is 11.5 Å². The molecule has 0 saturated carbocycles. The minimum absolute atomic E-state index is 0.194. The molecule has 0 bridgehead atoms. The third-order valence-electron chi connectivity index (χ3n) is 4.49. The van der Waals surface area contributed by atoms with E-state index in [1.54, 1.807) is 6.07 Å². The van der Waals surface area contributed by atoms with Gasteiger partial charge >= 0.3 is 5.69 Å². The number of rotatable bonds is 5. The zero-order valence-electron chi connectivity index (χ0n) is 16.5. The maximum absolute atomic E-state index is 12.9. The number of aromatic nitrogens is 2. The Balaban J connectivity index is 2.06. The molecule has 29 heavy (non-hydrogen) atoms. The number of ether oxygens (including phenoxy) is 2.